The molecule has 1 aromatic heterocycles. The van der Waals surface area contributed by atoms with Crippen LogP contribution in [0.3, 0.4) is 0 Å². The van der Waals surface area contributed by atoms with Gasteiger partial charge in [0.05, 0.1) is 18.4 Å². The summed E-state index contributed by atoms with van der Waals surface area (Å²) in [5, 5.41) is 12.6. The number of nitrogens with zero attached hydrogens (tertiary/aromatic N) is 3. The summed E-state index contributed by atoms with van der Waals surface area (Å²) in [6.07, 6.45) is 8.39. The number of fused-ring (bicyclic) bond motifs is 1. The summed E-state index contributed by atoms with van der Waals surface area (Å²) in [7, 11) is 1.75. The van der Waals surface area contributed by atoms with Gasteiger partial charge in [-0.05, 0) is 92.9 Å². The molecule has 2 aliphatic carbocycles. The number of ether oxygens (including phenoxy) is 1. The molecule has 2 aromatic rings. The minimum Gasteiger partial charge on any atom is -0.497 e. The van der Waals surface area contributed by atoms with Gasteiger partial charge in [0, 0.05) is 37.3 Å². The summed E-state index contributed by atoms with van der Waals surface area (Å²) in [5.74, 6) is 1.75. The van der Waals surface area contributed by atoms with Crippen LogP contribution in [0.5, 0.6) is 5.75 Å². The minimum absolute atomic E-state index is 0.196. The Morgan fingerprint density at radius 2 is 1.94 bits per heavy atom. The van der Waals surface area contributed by atoms with Crippen molar-refractivity contribution in [2.45, 2.75) is 62.1 Å². The Bertz CT molecular complexity index is 978. The van der Waals surface area contributed by atoms with Crippen LogP contribution in [0.1, 0.15) is 48.9 Å². The number of aliphatic hydroxyl groups is 1. The van der Waals surface area contributed by atoms with E-state index in [1.165, 1.54) is 24.0 Å². The zero-order valence-corrected chi connectivity index (χ0v) is 19.2. The van der Waals surface area contributed by atoms with Crippen LogP contribution in [0, 0.1) is 5.92 Å². The van der Waals surface area contributed by atoms with Crippen molar-refractivity contribution in [2.75, 3.05) is 33.3 Å². The van der Waals surface area contributed by atoms with Crippen LogP contribution in [0.15, 0.2) is 42.6 Å². The number of aromatic nitrogens is 1. The molecule has 0 radical (unpaired) electrons. The summed E-state index contributed by atoms with van der Waals surface area (Å²) in [6, 6.07) is 13.0. The Morgan fingerprint density at radius 3 is 2.72 bits per heavy atom. The quantitative estimate of drug-likeness (QED) is 0.783. The van der Waals surface area contributed by atoms with Crippen LogP contribution in [-0.4, -0.2) is 64.8 Å². The first-order chi connectivity index (χ1) is 15.6. The van der Waals surface area contributed by atoms with E-state index in [4.69, 9.17) is 4.74 Å². The van der Waals surface area contributed by atoms with Crippen molar-refractivity contribution in [3.63, 3.8) is 0 Å². The Morgan fingerprint density at radius 1 is 1.09 bits per heavy atom. The molecule has 2 bridgehead atoms. The van der Waals surface area contributed by atoms with Gasteiger partial charge in [-0.25, -0.2) is 0 Å². The normalized spacial score (nSPS) is 32.6. The highest BCUT2D eigenvalue weighted by Gasteiger charge is 2.63. The molecule has 6 rings (SSSR count). The van der Waals surface area contributed by atoms with Crippen molar-refractivity contribution in [3.8, 4) is 5.75 Å². The van der Waals surface area contributed by atoms with Gasteiger partial charge < -0.3 is 9.84 Å². The Balaban J connectivity index is 1.38. The highest BCUT2D eigenvalue weighted by Crippen LogP contribution is 2.56. The molecular weight excluding hydrogens is 398 g/mol. The van der Waals surface area contributed by atoms with E-state index in [1.807, 2.05) is 12.3 Å². The average Bonchev–Trinajstić information content (AvgIpc) is 3.64. The van der Waals surface area contributed by atoms with E-state index in [1.54, 1.807) is 7.11 Å². The van der Waals surface area contributed by atoms with Gasteiger partial charge in [0.25, 0.3) is 0 Å². The van der Waals surface area contributed by atoms with Crippen molar-refractivity contribution in [3.05, 3.63) is 59.4 Å². The molecule has 5 heteroatoms. The lowest BCUT2D eigenvalue weighted by molar-refractivity contribution is -0.149. The van der Waals surface area contributed by atoms with Crippen molar-refractivity contribution < 1.29 is 9.84 Å². The Hall–Kier alpha value is -1.95. The largest absolute Gasteiger partial charge is 0.497 e. The SMILES string of the molecule is COc1ccc2c(c1)C13CCN(Cc4ccccn4)CCC1(O)C(C2)N(CC1CC1)CC3. The van der Waals surface area contributed by atoms with Gasteiger partial charge >= 0.3 is 0 Å². The topological polar surface area (TPSA) is 48.8 Å². The third kappa shape index (κ3) is 3.28. The number of likely N-dealkylation sites (tertiary alicyclic amines) is 2. The van der Waals surface area contributed by atoms with E-state index < -0.39 is 5.60 Å². The molecule has 3 atom stereocenters. The smallest absolute Gasteiger partial charge is 0.119 e. The highest BCUT2D eigenvalue weighted by molar-refractivity contribution is 5.48. The monoisotopic (exact) mass is 433 g/mol. The van der Waals surface area contributed by atoms with E-state index in [2.05, 4.69) is 45.1 Å². The second kappa shape index (κ2) is 7.82. The number of hydrogen-bond acceptors (Lipinski definition) is 5. The molecule has 0 spiro atoms. The summed E-state index contributed by atoms with van der Waals surface area (Å²) in [4.78, 5) is 9.72. The zero-order valence-electron chi connectivity index (χ0n) is 19.2. The fourth-order valence-corrected chi connectivity index (χ4v) is 6.91. The minimum atomic E-state index is -0.696. The molecule has 32 heavy (non-hydrogen) atoms. The third-order valence-corrected chi connectivity index (χ3v) is 8.86. The molecule has 3 fully saturated rings. The molecule has 2 saturated heterocycles. The number of piperidine rings is 1. The number of pyridine rings is 1. The molecule has 4 aliphatic rings. The maximum atomic E-state index is 12.6. The molecule has 1 saturated carbocycles. The second-order valence-electron chi connectivity index (χ2n) is 10.5. The first-order valence-corrected chi connectivity index (χ1v) is 12.4. The number of rotatable bonds is 5. The molecule has 1 aromatic carbocycles. The predicted octanol–water partition coefficient (Wildman–Crippen LogP) is 3.40. The highest BCUT2D eigenvalue weighted by atomic mass is 16.5. The van der Waals surface area contributed by atoms with Crippen LogP contribution in [0.4, 0.5) is 0 Å². The van der Waals surface area contributed by atoms with E-state index >= 15 is 0 Å². The van der Waals surface area contributed by atoms with Gasteiger partial charge in [0.1, 0.15) is 5.75 Å². The first-order valence-electron chi connectivity index (χ1n) is 12.4. The van der Waals surface area contributed by atoms with Gasteiger partial charge in [0.15, 0.2) is 0 Å². The van der Waals surface area contributed by atoms with E-state index in [0.717, 1.165) is 75.8 Å². The lowest BCUT2D eigenvalue weighted by Gasteiger charge is -2.61. The van der Waals surface area contributed by atoms with Gasteiger partial charge in [-0.1, -0.05) is 12.1 Å². The fourth-order valence-electron chi connectivity index (χ4n) is 6.91. The van der Waals surface area contributed by atoms with Crippen molar-refractivity contribution >= 4 is 0 Å². The van der Waals surface area contributed by atoms with Crippen LogP contribution in [0.25, 0.3) is 0 Å². The summed E-state index contributed by atoms with van der Waals surface area (Å²) in [5.41, 5.74) is 2.99. The summed E-state index contributed by atoms with van der Waals surface area (Å²) >= 11 is 0. The van der Waals surface area contributed by atoms with Gasteiger partial charge in [0.2, 0.25) is 0 Å². The fraction of sp³-hybridized carbons (Fsp3) is 0.593. The lowest BCUT2D eigenvalue weighted by Crippen LogP contribution is -2.71. The van der Waals surface area contributed by atoms with E-state index in [0.29, 0.717) is 0 Å². The third-order valence-electron chi connectivity index (χ3n) is 8.86. The first kappa shape index (κ1) is 20.6. The molecule has 2 aliphatic heterocycles. The maximum absolute atomic E-state index is 12.6. The van der Waals surface area contributed by atoms with Gasteiger partial charge in [-0.2, -0.15) is 0 Å². The maximum Gasteiger partial charge on any atom is 0.119 e. The number of hydrogen-bond donors (Lipinski definition) is 1. The predicted molar refractivity (Wildman–Crippen MR) is 125 cm³/mol. The van der Waals surface area contributed by atoms with Gasteiger partial charge in [-0.3, -0.25) is 14.8 Å². The Kier molecular flexibility index (Phi) is 5.05. The second-order valence-corrected chi connectivity index (χ2v) is 10.5. The molecule has 3 unspecified atom stereocenters. The lowest BCUT2D eigenvalue weighted by atomic mass is 9.52. The zero-order chi connectivity index (χ0) is 21.8. The van der Waals surface area contributed by atoms with Crippen molar-refractivity contribution in [1.82, 2.24) is 14.8 Å². The molecule has 5 nitrogen and oxygen atoms in total. The Labute approximate surface area is 191 Å². The van der Waals surface area contributed by atoms with E-state index in [9.17, 15) is 5.11 Å². The molecule has 0 amide bonds. The van der Waals surface area contributed by atoms with E-state index in [-0.39, 0.29) is 11.5 Å². The number of methoxy groups -OCH3 is 1. The van der Waals surface area contributed by atoms with Crippen molar-refractivity contribution in [1.29, 1.82) is 0 Å². The molecule has 1 N–H and O–H groups in total. The molecular formula is C27H35N3O2. The van der Waals surface area contributed by atoms with Crippen LogP contribution in [0.2, 0.25) is 0 Å². The van der Waals surface area contributed by atoms with Crippen LogP contribution in [-0.2, 0) is 18.4 Å². The van der Waals surface area contributed by atoms with Crippen LogP contribution < -0.4 is 4.74 Å². The standard InChI is InChI=1S/C27H35N3O2/c1-32-23-8-7-21-16-25-27(31)11-14-29(19-22-4-2-3-12-28-22)13-9-26(27,24(21)17-23)10-15-30(25)18-20-5-6-20/h2-4,7-8,12,17,20,25,31H,5-6,9-11,13-16,18-19H2,1H3. The van der Waals surface area contributed by atoms with Crippen molar-refractivity contribution in [2.24, 2.45) is 5.92 Å². The van der Waals surface area contributed by atoms with Gasteiger partial charge in [-0.15, -0.1) is 0 Å². The van der Waals surface area contributed by atoms with Crippen LogP contribution >= 0.6 is 0 Å². The number of benzene rings is 1. The molecule has 170 valence electrons. The summed E-state index contributed by atoms with van der Waals surface area (Å²) < 4.78 is 5.63. The summed E-state index contributed by atoms with van der Waals surface area (Å²) in [6.45, 7) is 5.02. The average molecular weight is 434 g/mol. The molecule has 3 heterocycles.